The topological polar surface area (TPSA) is 93.6 Å². The molecule has 1 aromatic heterocycles. The number of hydrogen-bond acceptors (Lipinski definition) is 5. The highest BCUT2D eigenvalue weighted by molar-refractivity contribution is 5.01. The summed E-state index contributed by atoms with van der Waals surface area (Å²) in [6, 6.07) is 0. The highest BCUT2D eigenvalue weighted by atomic mass is 16.7. The zero-order valence-corrected chi connectivity index (χ0v) is 12.7. The number of aliphatic hydroxyl groups excluding tert-OH is 1. The quantitative estimate of drug-likeness (QED) is 0.843. The second-order valence-electron chi connectivity index (χ2n) is 6.17. The minimum atomic E-state index is -0.724. The average Bonchev–Trinajstić information content (AvgIpc) is 2.51. The summed E-state index contributed by atoms with van der Waals surface area (Å²) in [7, 11) is 0. The maximum absolute atomic E-state index is 12.0. The Balaban J connectivity index is 1.86. The molecule has 0 saturated carbocycles. The van der Waals surface area contributed by atoms with E-state index < -0.39 is 17.7 Å². The third-order valence-electron chi connectivity index (χ3n) is 4.48. The Morgan fingerprint density at radius 3 is 2.77 bits per heavy atom. The van der Waals surface area contributed by atoms with Crippen LogP contribution in [0.3, 0.4) is 0 Å². The molecule has 3 rings (SSSR count). The van der Waals surface area contributed by atoms with E-state index in [0.29, 0.717) is 12.0 Å². The fourth-order valence-corrected chi connectivity index (χ4v) is 3.33. The number of nitrogens with zero attached hydrogens (tertiary/aromatic N) is 1. The number of aromatic amines is 1. The minimum Gasteiger partial charge on any atom is -0.394 e. The van der Waals surface area contributed by atoms with Crippen LogP contribution in [0.2, 0.25) is 0 Å². The lowest BCUT2D eigenvalue weighted by atomic mass is 9.94. The highest BCUT2D eigenvalue weighted by Crippen LogP contribution is 2.41. The van der Waals surface area contributed by atoms with Gasteiger partial charge in [0.25, 0.3) is 5.56 Å². The monoisotopic (exact) mass is 310 g/mol. The number of hydrogen-bond donors (Lipinski definition) is 2. The van der Waals surface area contributed by atoms with Crippen molar-refractivity contribution in [3.8, 4) is 0 Å². The number of aryl methyl sites for hydroxylation is 1. The molecule has 2 aliphatic rings. The molecule has 3 heterocycles. The highest BCUT2D eigenvalue weighted by Gasteiger charge is 2.43. The molecule has 1 aromatic rings. The summed E-state index contributed by atoms with van der Waals surface area (Å²) >= 11 is 0. The number of ether oxygens (including phenoxy) is 2. The molecule has 2 aliphatic heterocycles. The Morgan fingerprint density at radius 1 is 1.32 bits per heavy atom. The zero-order chi connectivity index (χ0) is 15.7. The van der Waals surface area contributed by atoms with Crippen LogP contribution < -0.4 is 11.2 Å². The van der Waals surface area contributed by atoms with Gasteiger partial charge in [0.05, 0.1) is 12.7 Å². The molecule has 2 fully saturated rings. The van der Waals surface area contributed by atoms with Crippen LogP contribution in [0.4, 0.5) is 0 Å². The fourth-order valence-electron chi connectivity index (χ4n) is 3.33. The summed E-state index contributed by atoms with van der Waals surface area (Å²) < 4.78 is 13.5. The van der Waals surface area contributed by atoms with Gasteiger partial charge in [-0.25, -0.2) is 4.79 Å². The van der Waals surface area contributed by atoms with Crippen molar-refractivity contribution in [1.29, 1.82) is 0 Å². The summed E-state index contributed by atoms with van der Waals surface area (Å²) in [6.07, 6.45) is 5.72. The molecule has 0 unspecified atom stereocenters. The molecule has 3 atom stereocenters. The van der Waals surface area contributed by atoms with E-state index in [1.807, 2.05) is 0 Å². The summed E-state index contributed by atoms with van der Waals surface area (Å²) in [5.41, 5.74) is -0.367. The van der Waals surface area contributed by atoms with Gasteiger partial charge in [0.1, 0.15) is 6.23 Å². The first kappa shape index (κ1) is 15.5. The fraction of sp³-hybridized carbons (Fsp3) is 0.733. The van der Waals surface area contributed by atoms with Gasteiger partial charge in [0.15, 0.2) is 5.79 Å². The number of aromatic nitrogens is 2. The Bertz CT molecular complexity index is 648. The Hall–Kier alpha value is -1.44. The first-order chi connectivity index (χ1) is 10.5. The lowest BCUT2D eigenvalue weighted by molar-refractivity contribution is -0.331. The number of aliphatic hydroxyl groups is 1. The lowest BCUT2D eigenvalue weighted by Gasteiger charge is -2.45. The van der Waals surface area contributed by atoms with Gasteiger partial charge in [0, 0.05) is 24.6 Å². The van der Waals surface area contributed by atoms with E-state index in [1.54, 1.807) is 6.92 Å². The number of rotatable bonds is 2. The minimum absolute atomic E-state index is 0.0203. The van der Waals surface area contributed by atoms with Gasteiger partial charge in [-0.3, -0.25) is 14.3 Å². The van der Waals surface area contributed by atoms with Crippen molar-refractivity contribution >= 4 is 0 Å². The van der Waals surface area contributed by atoms with Crippen LogP contribution in [0.5, 0.6) is 0 Å². The van der Waals surface area contributed by atoms with Crippen LogP contribution in [0.15, 0.2) is 15.8 Å². The first-order valence-corrected chi connectivity index (χ1v) is 7.81. The molecule has 7 nitrogen and oxygen atoms in total. The molecule has 0 radical (unpaired) electrons. The van der Waals surface area contributed by atoms with Gasteiger partial charge >= 0.3 is 5.69 Å². The van der Waals surface area contributed by atoms with Crippen LogP contribution in [0, 0.1) is 6.92 Å². The van der Waals surface area contributed by atoms with Crippen LogP contribution in [0.1, 0.15) is 50.3 Å². The molecule has 0 amide bonds. The summed E-state index contributed by atoms with van der Waals surface area (Å²) in [5, 5.41) is 9.32. The van der Waals surface area contributed by atoms with E-state index in [9.17, 15) is 14.7 Å². The predicted octanol–water partition coefficient (Wildman–Crippen LogP) is 0.802. The van der Waals surface area contributed by atoms with Gasteiger partial charge in [-0.2, -0.15) is 0 Å². The van der Waals surface area contributed by atoms with Crippen LogP contribution in [-0.4, -0.2) is 33.2 Å². The van der Waals surface area contributed by atoms with Crippen LogP contribution in [-0.2, 0) is 9.47 Å². The number of nitrogens with one attached hydrogen (secondary N) is 1. The molecule has 2 N–H and O–H groups in total. The van der Waals surface area contributed by atoms with E-state index in [4.69, 9.17) is 9.47 Å². The standard InChI is InChI=1S/C15H22N2O5/c1-10-8-17(14(20)16-13(10)19)12-5-3-7-15(22-12)6-2-4-11(9-18)21-15/h8,11-12,18H,2-7,9H2,1H3,(H,16,19,20)/t11-,12-,15-/m0/s1. The molecule has 0 aliphatic carbocycles. The van der Waals surface area contributed by atoms with Gasteiger partial charge < -0.3 is 14.6 Å². The molecule has 2 saturated heterocycles. The van der Waals surface area contributed by atoms with Crippen molar-refractivity contribution in [2.24, 2.45) is 0 Å². The van der Waals surface area contributed by atoms with Gasteiger partial charge in [0.2, 0.25) is 0 Å². The Morgan fingerprint density at radius 2 is 2.05 bits per heavy atom. The maximum atomic E-state index is 12.0. The van der Waals surface area contributed by atoms with Gasteiger partial charge in [-0.05, 0) is 32.6 Å². The van der Waals surface area contributed by atoms with E-state index in [-0.39, 0.29) is 18.3 Å². The smallest absolute Gasteiger partial charge is 0.330 e. The van der Waals surface area contributed by atoms with E-state index >= 15 is 0 Å². The first-order valence-electron chi connectivity index (χ1n) is 7.81. The maximum Gasteiger partial charge on any atom is 0.330 e. The molecule has 122 valence electrons. The zero-order valence-electron chi connectivity index (χ0n) is 12.7. The third-order valence-corrected chi connectivity index (χ3v) is 4.48. The Labute approximate surface area is 127 Å². The molecule has 0 bridgehead atoms. The largest absolute Gasteiger partial charge is 0.394 e. The predicted molar refractivity (Wildman–Crippen MR) is 78.6 cm³/mol. The summed E-state index contributed by atoms with van der Waals surface area (Å²) in [4.78, 5) is 25.8. The molecule has 22 heavy (non-hydrogen) atoms. The summed E-state index contributed by atoms with van der Waals surface area (Å²) in [5.74, 6) is -0.724. The van der Waals surface area contributed by atoms with Gasteiger partial charge in [-0.1, -0.05) is 0 Å². The third kappa shape index (κ3) is 2.88. The second-order valence-corrected chi connectivity index (χ2v) is 6.17. The average molecular weight is 310 g/mol. The van der Waals surface area contributed by atoms with E-state index in [0.717, 1.165) is 32.1 Å². The van der Waals surface area contributed by atoms with Gasteiger partial charge in [-0.15, -0.1) is 0 Å². The van der Waals surface area contributed by atoms with Crippen LogP contribution in [0.25, 0.3) is 0 Å². The number of H-pyrrole nitrogens is 1. The second kappa shape index (κ2) is 5.98. The molecular weight excluding hydrogens is 288 g/mol. The van der Waals surface area contributed by atoms with E-state index in [2.05, 4.69) is 4.98 Å². The normalized spacial score (nSPS) is 32.3. The summed E-state index contributed by atoms with van der Waals surface area (Å²) in [6.45, 7) is 1.64. The Kier molecular flexibility index (Phi) is 4.20. The van der Waals surface area contributed by atoms with Crippen molar-refractivity contribution in [2.45, 2.75) is 63.6 Å². The van der Waals surface area contributed by atoms with Crippen LogP contribution >= 0.6 is 0 Å². The SMILES string of the molecule is Cc1cn([C@@H]2CCC[C@]3(CCC[C@@H](CO)O3)O2)c(=O)[nH]c1=O. The van der Waals surface area contributed by atoms with Crippen molar-refractivity contribution in [2.75, 3.05) is 6.61 Å². The molecule has 7 heteroatoms. The van der Waals surface area contributed by atoms with Crippen molar-refractivity contribution in [3.63, 3.8) is 0 Å². The van der Waals surface area contributed by atoms with Crippen molar-refractivity contribution < 1.29 is 14.6 Å². The lowest BCUT2D eigenvalue weighted by Crippen LogP contribution is -2.49. The molecular formula is C15H22N2O5. The molecule has 1 spiro atoms. The van der Waals surface area contributed by atoms with Crippen molar-refractivity contribution in [1.82, 2.24) is 9.55 Å². The molecule has 0 aromatic carbocycles. The van der Waals surface area contributed by atoms with Crippen molar-refractivity contribution in [3.05, 3.63) is 32.6 Å². The van der Waals surface area contributed by atoms with E-state index in [1.165, 1.54) is 10.8 Å².